The zero-order valence-electron chi connectivity index (χ0n) is 12.2. The van der Waals surface area contributed by atoms with E-state index in [0.717, 1.165) is 25.9 Å². The van der Waals surface area contributed by atoms with Crippen LogP contribution in [0.3, 0.4) is 0 Å². The van der Waals surface area contributed by atoms with Crippen molar-refractivity contribution in [3.05, 3.63) is 29.6 Å². The largest absolute Gasteiger partial charge is 0.389 e. The van der Waals surface area contributed by atoms with Crippen molar-refractivity contribution >= 4 is 11.6 Å². The van der Waals surface area contributed by atoms with Gasteiger partial charge >= 0.3 is 0 Å². The van der Waals surface area contributed by atoms with Crippen molar-refractivity contribution in [3.63, 3.8) is 0 Å². The molecule has 4 nitrogen and oxygen atoms in total. The Hall–Kier alpha value is -1.62. The van der Waals surface area contributed by atoms with E-state index in [2.05, 4.69) is 10.2 Å². The summed E-state index contributed by atoms with van der Waals surface area (Å²) in [5.74, 6) is 0.246. The van der Waals surface area contributed by atoms with Crippen LogP contribution in [-0.4, -0.2) is 30.1 Å². The van der Waals surface area contributed by atoms with Gasteiger partial charge in [-0.2, -0.15) is 0 Å². The van der Waals surface area contributed by atoms with E-state index in [9.17, 15) is 14.3 Å². The Bertz CT molecular complexity index is 547. The van der Waals surface area contributed by atoms with Crippen molar-refractivity contribution in [2.75, 3.05) is 18.0 Å². The van der Waals surface area contributed by atoms with Crippen LogP contribution in [0, 0.1) is 11.7 Å². The molecule has 21 heavy (non-hydrogen) atoms. The number of nitrogens with one attached hydrogen (secondary N) is 1. The first-order valence-electron chi connectivity index (χ1n) is 7.56. The van der Waals surface area contributed by atoms with Crippen LogP contribution in [0.5, 0.6) is 0 Å². The molecule has 1 aromatic carbocycles. The highest BCUT2D eigenvalue weighted by atomic mass is 19.1. The summed E-state index contributed by atoms with van der Waals surface area (Å²) < 4.78 is 14.3. The van der Waals surface area contributed by atoms with Gasteiger partial charge in [0.05, 0.1) is 11.8 Å². The van der Waals surface area contributed by atoms with E-state index in [-0.39, 0.29) is 17.8 Å². The van der Waals surface area contributed by atoms with Crippen molar-refractivity contribution < 1.29 is 14.3 Å². The Morgan fingerprint density at radius 1 is 1.43 bits per heavy atom. The predicted octanol–water partition coefficient (Wildman–Crippen LogP) is 1.98. The monoisotopic (exact) mass is 292 g/mol. The summed E-state index contributed by atoms with van der Waals surface area (Å²) in [6, 6.07) is 5.17. The fraction of sp³-hybridized carbons (Fsp3) is 0.562. The summed E-state index contributed by atoms with van der Waals surface area (Å²) >= 11 is 0. The van der Waals surface area contributed by atoms with Crippen molar-refractivity contribution in [2.24, 2.45) is 5.92 Å². The number of benzene rings is 1. The van der Waals surface area contributed by atoms with E-state index in [1.54, 1.807) is 19.1 Å². The minimum Gasteiger partial charge on any atom is -0.389 e. The quantitative estimate of drug-likeness (QED) is 0.876. The summed E-state index contributed by atoms with van der Waals surface area (Å²) in [5.41, 5.74) is 1.19. The second kappa shape index (κ2) is 5.64. The van der Waals surface area contributed by atoms with Crippen LogP contribution in [0.25, 0.3) is 0 Å². The van der Waals surface area contributed by atoms with Crippen LogP contribution in [0.4, 0.5) is 10.1 Å². The molecule has 3 atom stereocenters. The van der Waals surface area contributed by atoms with Gasteiger partial charge in [-0.05, 0) is 43.4 Å². The van der Waals surface area contributed by atoms with Crippen molar-refractivity contribution in [2.45, 2.75) is 38.3 Å². The summed E-state index contributed by atoms with van der Waals surface area (Å²) in [5, 5.41) is 12.5. The number of nitrogens with zero attached hydrogens (tertiary/aromatic N) is 1. The highest BCUT2D eigenvalue weighted by Gasteiger charge is 2.34. The van der Waals surface area contributed by atoms with Gasteiger partial charge < -0.3 is 15.3 Å². The minimum atomic E-state index is -0.659. The van der Waals surface area contributed by atoms with Gasteiger partial charge in [0.25, 0.3) is 0 Å². The first kappa shape index (κ1) is 14.3. The molecule has 5 heteroatoms. The first-order chi connectivity index (χ1) is 10.0. The number of rotatable bonds is 2. The molecule has 114 valence electrons. The van der Waals surface area contributed by atoms with Crippen molar-refractivity contribution in [1.82, 2.24) is 5.32 Å². The predicted molar refractivity (Wildman–Crippen MR) is 78.5 cm³/mol. The Morgan fingerprint density at radius 3 is 2.95 bits per heavy atom. The lowest BCUT2D eigenvalue weighted by Gasteiger charge is -2.42. The molecular weight excluding hydrogens is 271 g/mol. The van der Waals surface area contributed by atoms with E-state index in [1.807, 2.05) is 0 Å². The second-order valence-corrected chi connectivity index (χ2v) is 6.09. The number of anilines is 1. The molecule has 0 saturated carbocycles. The standard InChI is InChI=1S/C16H21FN2O2/c1-10(20)11-2-4-15(13(17)8-11)19-7-6-14-12(9-19)3-5-16(21)18-14/h2,4,8,10,12,14,20H,3,5-7,9H2,1H3,(H,18,21)/t10-,12?,14?/m0/s1. The van der Waals surface area contributed by atoms with Gasteiger partial charge in [0.15, 0.2) is 0 Å². The molecule has 0 aromatic heterocycles. The third-order valence-corrected chi connectivity index (χ3v) is 4.62. The molecule has 2 unspecified atom stereocenters. The maximum atomic E-state index is 14.3. The third kappa shape index (κ3) is 2.88. The van der Waals surface area contributed by atoms with Crippen LogP contribution in [0.15, 0.2) is 18.2 Å². The molecule has 3 rings (SSSR count). The molecule has 2 saturated heterocycles. The molecule has 2 aliphatic rings. The fourth-order valence-corrected chi connectivity index (χ4v) is 3.37. The van der Waals surface area contributed by atoms with Gasteiger partial charge in [0, 0.05) is 25.6 Å². The number of halogens is 1. The first-order valence-corrected chi connectivity index (χ1v) is 7.56. The highest BCUT2D eigenvalue weighted by Crippen LogP contribution is 2.31. The average molecular weight is 292 g/mol. The number of piperidine rings is 2. The van der Waals surface area contributed by atoms with Crippen LogP contribution >= 0.6 is 0 Å². The molecular formula is C16H21FN2O2. The summed E-state index contributed by atoms with van der Waals surface area (Å²) in [6.45, 7) is 3.15. The molecule has 2 aliphatic heterocycles. The maximum Gasteiger partial charge on any atom is 0.220 e. The van der Waals surface area contributed by atoms with Crippen LogP contribution in [0.1, 0.15) is 37.9 Å². The van der Waals surface area contributed by atoms with Gasteiger partial charge in [-0.1, -0.05) is 6.07 Å². The Morgan fingerprint density at radius 2 is 2.24 bits per heavy atom. The zero-order chi connectivity index (χ0) is 15.0. The summed E-state index contributed by atoms with van der Waals surface area (Å²) in [4.78, 5) is 13.5. The van der Waals surface area contributed by atoms with Crippen LogP contribution in [-0.2, 0) is 4.79 Å². The average Bonchev–Trinajstić information content (AvgIpc) is 2.46. The van der Waals surface area contributed by atoms with Crippen LogP contribution < -0.4 is 10.2 Å². The number of amides is 1. The highest BCUT2D eigenvalue weighted by molar-refractivity contribution is 5.77. The number of fused-ring (bicyclic) bond motifs is 1. The molecule has 1 amide bonds. The molecule has 2 heterocycles. The zero-order valence-corrected chi connectivity index (χ0v) is 12.2. The normalized spacial score (nSPS) is 27.0. The van der Waals surface area contributed by atoms with Gasteiger partial charge in [0.2, 0.25) is 5.91 Å². The molecule has 2 fully saturated rings. The van der Waals surface area contributed by atoms with Gasteiger partial charge in [-0.3, -0.25) is 4.79 Å². The number of carbonyl (C=O) groups is 1. The topological polar surface area (TPSA) is 52.6 Å². The summed E-state index contributed by atoms with van der Waals surface area (Å²) in [7, 11) is 0. The fourth-order valence-electron chi connectivity index (χ4n) is 3.37. The lowest BCUT2D eigenvalue weighted by atomic mass is 9.85. The third-order valence-electron chi connectivity index (χ3n) is 4.62. The van der Waals surface area contributed by atoms with Gasteiger partial charge in [-0.15, -0.1) is 0 Å². The smallest absolute Gasteiger partial charge is 0.220 e. The molecule has 0 aliphatic carbocycles. The number of aliphatic hydroxyl groups excluding tert-OH is 1. The van der Waals surface area contributed by atoms with Crippen molar-refractivity contribution in [3.8, 4) is 0 Å². The SMILES string of the molecule is C[C@H](O)c1ccc(N2CCC3NC(=O)CCC3C2)c(F)c1. The van der Waals surface area contributed by atoms with E-state index in [0.29, 0.717) is 23.6 Å². The molecule has 0 spiro atoms. The lowest BCUT2D eigenvalue weighted by Crippen LogP contribution is -2.54. The van der Waals surface area contributed by atoms with Gasteiger partial charge in [0.1, 0.15) is 5.82 Å². The number of hydrogen-bond donors (Lipinski definition) is 2. The van der Waals surface area contributed by atoms with Crippen LogP contribution in [0.2, 0.25) is 0 Å². The summed E-state index contributed by atoms with van der Waals surface area (Å²) in [6.07, 6.45) is 1.64. The Balaban J connectivity index is 1.75. The number of hydrogen-bond acceptors (Lipinski definition) is 3. The minimum absolute atomic E-state index is 0.136. The maximum absolute atomic E-state index is 14.3. The van der Waals surface area contributed by atoms with Crippen molar-refractivity contribution in [1.29, 1.82) is 0 Å². The number of carbonyl (C=O) groups excluding carboxylic acids is 1. The number of aliphatic hydroxyl groups is 1. The van der Waals surface area contributed by atoms with E-state index < -0.39 is 6.10 Å². The Kier molecular flexibility index (Phi) is 3.85. The lowest BCUT2D eigenvalue weighted by molar-refractivity contribution is -0.124. The van der Waals surface area contributed by atoms with E-state index in [1.165, 1.54) is 6.07 Å². The van der Waals surface area contributed by atoms with E-state index in [4.69, 9.17) is 0 Å². The second-order valence-electron chi connectivity index (χ2n) is 6.09. The molecule has 2 N–H and O–H groups in total. The molecule has 0 radical (unpaired) electrons. The molecule has 1 aromatic rings. The van der Waals surface area contributed by atoms with E-state index >= 15 is 0 Å². The molecule has 0 bridgehead atoms. The Labute approximate surface area is 124 Å². The van der Waals surface area contributed by atoms with Gasteiger partial charge in [-0.25, -0.2) is 4.39 Å².